The third kappa shape index (κ3) is 3.55. The number of halogens is 1. The fourth-order valence-electron chi connectivity index (χ4n) is 2.26. The number of aliphatic hydroxyl groups is 1. The number of hydrogen-bond donors (Lipinski definition) is 2. The van der Waals surface area contributed by atoms with Crippen molar-refractivity contribution >= 4 is 17.6 Å². The molecule has 1 aliphatic rings. The molecule has 20 heavy (non-hydrogen) atoms. The second-order valence-electron chi connectivity index (χ2n) is 5.04. The molecule has 1 atom stereocenters. The second-order valence-corrected chi connectivity index (χ2v) is 5.48. The molecule has 1 unspecified atom stereocenters. The van der Waals surface area contributed by atoms with Crippen LogP contribution in [0, 0.1) is 0 Å². The van der Waals surface area contributed by atoms with E-state index in [-0.39, 0.29) is 12.6 Å². The Morgan fingerprint density at radius 1 is 1.60 bits per heavy atom. The molecule has 0 saturated heterocycles. The third-order valence-electron chi connectivity index (χ3n) is 3.14. The first kappa shape index (κ1) is 14.9. The van der Waals surface area contributed by atoms with Crippen molar-refractivity contribution in [1.82, 2.24) is 10.2 Å². The van der Waals surface area contributed by atoms with Crippen molar-refractivity contribution in [2.45, 2.75) is 26.0 Å². The van der Waals surface area contributed by atoms with Gasteiger partial charge in [0.1, 0.15) is 5.75 Å². The molecule has 2 N–H and O–H groups in total. The monoisotopic (exact) mass is 298 g/mol. The summed E-state index contributed by atoms with van der Waals surface area (Å²) in [6.07, 6.45) is 0.295. The van der Waals surface area contributed by atoms with Crippen molar-refractivity contribution < 1.29 is 14.6 Å². The average Bonchev–Trinajstić information content (AvgIpc) is 2.82. The molecule has 1 aromatic rings. The zero-order chi connectivity index (χ0) is 14.7. The minimum Gasteiger partial charge on any atom is -0.493 e. The molecule has 0 fully saturated rings. The number of likely N-dealkylation sites (N-methyl/N-ethyl adjacent to an activating group) is 1. The van der Waals surface area contributed by atoms with E-state index in [4.69, 9.17) is 16.3 Å². The van der Waals surface area contributed by atoms with Crippen LogP contribution in [0.4, 0.5) is 4.79 Å². The first-order valence-corrected chi connectivity index (χ1v) is 6.96. The quantitative estimate of drug-likeness (QED) is 0.891. The van der Waals surface area contributed by atoms with Gasteiger partial charge in [-0.15, -0.1) is 0 Å². The Morgan fingerprint density at radius 3 is 3.05 bits per heavy atom. The Morgan fingerprint density at radius 2 is 2.35 bits per heavy atom. The van der Waals surface area contributed by atoms with E-state index in [2.05, 4.69) is 5.32 Å². The van der Waals surface area contributed by atoms with Crippen LogP contribution in [0.15, 0.2) is 12.1 Å². The van der Waals surface area contributed by atoms with E-state index in [0.29, 0.717) is 18.2 Å². The van der Waals surface area contributed by atoms with Gasteiger partial charge in [0.25, 0.3) is 0 Å². The zero-order valence-corrected chi connectivity index (χ0v) is 12.4. The van der Waals surface area contributed by atoms with E-state index in [1.807, 2.05) is 6.07 Å². The second kappa shape index (κ2) is 6.33. The summed E-state index contributed by atoms with van der Waals surface area (Å²) in [6, 6.07) is 3.47. The molecule has 2 amide bonds. The molecule has 0 aromatic heterocycles. The van der Waals surface area contributed by atoms with Crippen molar-refractivity contribution in [3.63, 3.8) is 0 Å². The largest absolute Gasteiger partial charge is 0.493 e. The normalized spacial score (nSPS) is 14.4. The highest BCUT2D eigenvalue weighted by Crippen LogP contribution is 2.32. The van der Waals surface area contributed by atoms with Crippen LogP contribution in [-0.2, 0) is 13.0 Å². The van der Waals surface area contributed by atoms with Gasteiger partial charge in [0.2, 0.25) is 0 Å². The fraction of sp³-hybridized carbons (Fsp3) is 0.500. The van der Waals surface area contributed by atoms with Crippen LogP contribution in [0.25, 0.3) is 0 Å². The van der Waals surface area contributed by atoms with Gasteiger partial charge in [-0.05, 0) is 24.6 Å². The number of benzene rings is 1. The number of urea groups is 1. The number of fused-ring (bicyclic) bond motifs is 1. The topological polar surface area (TPSA) is 61.8 Å². The molecular weight excluding hydrogens is 280 g/mol. The van der Waals surface area contributed by atoms with Crippen molar-refractivity contribution in [2.24, 2.45) is 0 Å². The van der Waals surface area contributed by atoms with Gasteiger partial charge in [-0.3, -0.25) is 0 Å². The summed E-state index contributed by atoms with van der Waals surface area (Å²) in [7, 11) is 1.64. The number of hydrogen-bond acceptors (Lipinski definition) is 3. The van der Waals surface area contributed by atoms with Gasteiger partial charge >= 0.3 is 6.03 Å². The number of nitrogens with zero attached hydrogens (tertiary/aromatic N) is 1. The van der Waals surface area contributed by atoms with E-state index in [0.717, 1.165) is 23.3 Å². The third-order valence-corrected chi connectivity index (χ3v) is 3.36. The first-order chi connectivity index (χ1) is 9.47. The van der Waals surface area contributed by atoms with Crippen LogP contribution in [-0.4, -0.2) is 42.3 Å². The molecule has 2 rings (SSSR count). The van der Waals surface area contributed by atoms with Crippen LogP contribution in [0.3, 0.4) is 0 Å². The summed E-state index contributed by atoms with van der Waals surface area (Å²) in [5.41, 5.74) is 1.96. The number of amides is 2. The van der Waals surface area contributed by atoms with Crippen molar-refractivity contribution in [1.29, 1.82) is 0 Å². The van der Waals surface area contributed by atoms with Crippen molar-refractivity contribution in [2.75, 3.05) is 20.2 Å². The molecule has 0 bridgehead atoms. The van der Waals surface area contributed by atoms with Crippen LogP contribution in [0.1, 0.15) is 18.1 Å². The van der Waals surface area contributed by atoms with Gasteiger partial charge in [-0.1, -0.05) is 11.6 Å². The Kier molecular flexibility index (Phi) is 4.73. The van der Waals surface area contributed by atoms with Gasteiger partial charge in [-0.25, -0.2) is 4.79 Å². The maximum atomic E-state index is 11.9. The van der Waals surface area contributed by atoms with E-state index >= 15 is 0 Å². The Bertz CT molecular complexity index is 505. The lowest BCUT2D eigenvalue weighted by Crippen LogP contribution is -2.40. The lowest BCUT2D eigenvalue weighted by Gasteiger charge is -2.19. The van der Waals surface area contributed by atoms with Crippen LogP contribution in [0.5, 0.6) is 5.75 Å². The van der Waals surface area contributed by atoms with E-state index in [1.54, 1.807) is 20.0 Å². The lowest BCUT2D eigenvalue weighted by molar-refractivity contribution is 0.143. The van der Waals surface area contributed by atoms with Gasteiger partial charge in [0.15, 0.2) is 0 Å². The van der Waals surface area contributed by atoms with Crippen molar-refractivity contribution in [3.05, 3.63) is 28.3 Å². The predicted octanol–water partition coefficient (Wildman–Crippen LogP) is 1.80. The maximum Gasteiger partial charge on any atom is 0.317 e. The molecule has 110 valence electrons. The van der Waals surface area contributed by atoms with Crippen LogP contribution >= 0.6 is 11.6 Å². The Hall–Kier alpha value is -1.46. The number of aliphatic hydroxyl groups excluding tert-OH is 1. The Labute approximate surface area is 123 Å². The SMILES string of the molecule is CC(O)CN(C)C(=O)NCc1cc(Cl)cc2c1OCC2. The summed E-state index contributed by atoms with van der Waals surface area (Å²) in [5.74, 6) is 0.827. The smallest absolute Gasteiger partial charge is 0.317 e. The van der Waals surface area contributed by atoms with Gasteiger partial charge in [0, 0.05) is 37.1 Å². The minimum atomic E-state index is -0.551. The molecule has 1 aromatic carbocycles. The molecule has 1 heterocycles. The first-order valence-electron chi connectivity index (χ1n) is 6.58. The number of carbonyl (C=O) groups is 1. The minimum absolute atomic E-state index is 0.238. The molecule has 5 nitrogen and oxygen atoms in total. The predicted molar refractivity (Wildman–Crippen MR) is 77.2 cm³/mol. The summed E-state index contributed by atoms with van der Waals surface area (Å²) in [4.78, 5) is 13.3. The Balaban J connectivity index is 1.99. The zero-order valence-electron chi connectivity index (χ0n) is 11.6. The standard InChI is InChI=1S/C14H19ClN2O3/c1-9(18)8-17(2)14(19)16-7-11-6-12(15)5-10-3-4-20-13(10)11/h5-6,9,18H,3-4,7-8H2,1-2H3,(H,16,19). The number of rotatable bonds is 4. The lowest BCUT2D eigenvalue weighted by atomic mass is 10.1. The molecular formula is C14H19ClN2O3. The molecule has 0 saturated carbocycles. The molecule has 0 aliphatic carbocycles. The highest BCUT2D eigenvalue weighted by atomic mass is 35.5. The molecule has 1 aliphatic heterocycles. The summed E-state index contributed by atoms with van der Waals surface area (Å²) >= 11 is 6.06. The van der Waals surface area contributed by atoms with Crippen LogP contribution in [0.2, 0.25) is 5.02 Å². The fourth-order valence-corrected chi connectivity index (χ4v) is 2.53. The number of carbonyl (C=O) groups excluding carboxylic acids is 1. The van der Waals surface area contributed by atoms with E-state index < -0.39 is 6.10 Å². The number of nitrogens with one attached hydrogen (secondary N) is 1. The van der Waals surface area contributed by atoms with Gasteiger partial charge < -0.3 is 20.1 Å². The maximum absolute atomic E-state index is 11.9. The average molecular weight is 299 g/mol. The number of ether oxygens (including phenoxy) is 1. The van der Waals surface area contributed by atoms with Gasteiger partial charge in [-0.2, -0.15) is 0 Å². The summed E-state index contributed by atoms with van der Waals surface area (Å²) < 4.78 is 5.58. The molecule has 0 spiro atoms. The van der Waals surface area contributed by atoms with E-state index in [1.165, 1.54) is 4.90 Å². The highest BCUT2D eigenvalue weighted by molar-refractivity contribution is 6.30. The summed E-state index contributed by atoms with van der Waals surface area (Å²) in [6.45, 7) is 2.93. The highest BCUT2D eigenvalue weighted by Gasteiger charge is 2.18. The molecule has 0 radical (unpaired) electrons. The van der Waals surface area contributed by atoms with Gasteiger partial charge in [0.05, 0.1) is 12.7 Å². The summed E-state index contributed by atoms with van der Waals surface area (Å²) in [5, 5.41) is 12.7. The van der Waals surface area contributed by atoms with E-state index in [9.17, 15) is 9.90 Å². The van der Waals surface area contributed by atoms with Crippen LogP contribution < -0.4 is 10.1 Å². The molecule has 6 heteroatoms. The van der Waals surface area contributed by atoms with Crippen molar-refractivity contribution in [3.8, 4) is 5.75 Å².